The number of aliphatic carboxylic acids is 1. The van der Waals surface area contributed by atoms with E-state index in [1.54, 1.807) is 0 Å². The predicted molar refractivity (Wildman–Crippen MR) is 117 cm³/mol. The lowest BCUT2D eigenvalue weighted by Gasteiger charge is -2.37. The highest BCUT2D eigenvalue weighted by atomic mass is 16.4. The molecule has 0 unspecified atom stereocenters. The Morgan fingerprint density at radius 1 is 0.897 bits per heavy atom. The third-order valence-electron chi connectivity index (χ3n) is 5.30. The van der Waals surface area contributed by atoms with Crippen LogP contribution in [0.2, 0.25) is 0 Å². The summed E-state index contributed by atoms with van der Waals surface area (Å²) in [7, 11) is 0. The molecule has 0 bridgehead atoms. The van der Waals surface area contributed by atoms with Crippen LogP contribution in [0.5, 0.6) is 0 Å². The summed E-state index contributed by atoms with van der Waals surface area (Å²) in [5.41, 5.74) is 9.77. The molecule has 0 aliphatic rings. The summed E-state index contributed by atoms with van der Waals surface area (Å²) in [5, 5.41) is 12.8. The molecule has 0 radical (unpaired) electrons. The zero-order valence-corrected chi connectivity index (χ0v) is 16.7. The van der Waals surface area contributed by atoms with Gasteiger partial charge in [-0.25, -0.2) is 0 Å². The van der Waals surface area contributed by atoms with Crippen LogP contribution in [-0.2, 0) is 10.3 Å². The van der Waals surface area contributed by atoms with Crippen molar-refractivity contribution in [1.82, 2.24) is 5.32 Å². The Hall–Kier alpha value is -2.95. The summed E-state index contributed by atoms with van der Waals surface area (Å²) >= 11 is 0. The van der Waals surface area contributed by atoms with Crippen LogP contribution in [0.1, 0.15) is 35.1 Å². The number of carboxylic acid groups (broad SMARTS) is 1. The molecule has 4 heteroatoms. The molecule has 4 N–H and O–H groups in total. The normalized spacial score (nSPS) is 12.5. The number of hydrogen-bond donors (Lipinski definition) is 3. The number of hydrogen-bond acceptors (Lipinski definition) is 3. The Balaban J connectivity index is 2.03. The van der Waals surface area contributed by atoms with Crippen LogP contribution in [0, 0.1) is 6.92 Å². The molecule has 29 heavy (non-hydrogen) atoms. The maximum absolute atomic E-state index is 11.0. The van der Waals surface area contributed by atoms with Crippen molar-refractivity contribution in [2.75, 3.05) is 6.54 Å². The minimum absolute atomic E-state index is 0.426. The Kier molecular flexibility index (Phi) is 6.81. The van der Waals surface area contributed by atoms with Crippen molar-refractivity contribution < 1.29 is 9.90 Å². The van der Waals surface area contributed by atoms with Gasteiger partial charge in [-0.2, -0.15) is 0 Å². The molecule has 0 aromatic heterocycles. The van der Waals surface area contributed by atoms with Crippen molar-refractivity contribution in [3.8, 4) is 0 Å². The molecule has 150 valence electrons. The fourth-order valence-corrected chi connectivity index (χ4v) is 3.71. The molecule has 0 fully saturated rings. The van der Waals surface area contributed by atoms with Crippen molar-refractivity contribution in [3.63, 3.8) is 0 Å². The number of aryl methyl sites for hydroxylation is 1. The van der Waals surface area contributed by atoms with E-state index in [0.717, 1.165) is 16.7 Å². The van der Waals surface area contributed by atoms with E-state index in [4.69, 9.17) is 10.8 Å². The first-order valence-corrected chi connectivity index (χ1v) is 9.95. The highest BCUT2D eigenvalue weighted by molar-refractivity contribution is 5.72. The molecule has 0 aliphatic heterocycles. The monoisotopic (exact) mass is 388 g/mol. The van der Waals surface area contributed by atoms with Crippen molar-refractivity contribution in [3.05, 3.63) is 107 Å². The first-order valence-electron chi connectivity index (χ1n) is 9.95. The van der Waals surface area contributed by atoms with Crippen LogP contribution in [0.15, 0.2) is 84.9 Å². The lowest BCUT2D eigenvalue weighted by molar-refractivity contribution is -0.138. The first-order chi connectivity index (χ1) is 14.0. The van der Waals surface area contributed by atoms with E-state index in [-0.39, 0.29) is 0 Å². The molecular weight excluding hydrogens is 360 g/mol. The average molecular weight is 389 g/mol. The fourth-order valence-electron chi connectivity index (χ4n) is 3.71. The minimum atomic E-state index is -0.957. The molecule has 0 heterocycles. The summed E-state index contributed by atoms with van der Waals surface area (Å²) in [6.07, 6.45) is 1.09. The second kappa shape index (κ2) is 9.50. The number of carbonyl (C=O) groups is 1. The second-order valence-corrected chi connectivity index (χ2v) is 7.36. The van der Waals surface area contributed by atoms with E-state index >= 15 is 0 Å². The summed E-state index contributed by atoms with van der Waals surface area (Å²) < 4.78 is 0. The first kappa shape index (κ1) is 20.8. The van der Waals surface area contributed by atoms with Gasteiger partial charge in [-0.05, 0) is 43.0 Å². The van der Waals surface area contributed by atoms with Crippen LogP contribution >= 0.6 is 0 Å². The minimum Gasteiger partial charge on any atom is -0.480 e. The largest absolute Gasteiger partial charge is 0.480 e. The number of nitrogens with one attached hydrogen (secondary N) is 1. The summed E-state index contributed by atoms with van der Waals surface area (Å²) in [5.74, 6) is -0.957. The number of carboxylic acids is 1. The van der Waals surface area contributed by atoms with E-state index in [0.29, 0.717) is 19.4 Å². The zero-order valence-electron chi connectivity index (χ0n) is 16.7. The van der Waals surface area contributed by atoms with Gasteiger partial charge in [0.2, 0.25) is 0 Å². The molecule has 0 spiro atoms. The van der Waals surface area contributed by atoms with Crippen molar-refractivity contribution in [1.29, 1.82) is 0 Å². The number of nitrogens with two attached hydrogens (primary N) is 1. The Morgan fingerprint density at radius 3 is 1.86 bits per heavy atom. The molecule has 4 nitrogen and oxygen atoms in total. The van der Waals surface area contributed by atoms with Gasteiger partial charge in [0.25, 0.3) is 0 Å². The van der Waals surface area contributed by atoms with Crippen molar-refractivity contribution in [2.24, 2.45) is 5.73 Å². The van der Waals surface area contributed by atoms with Crippen molar-refractivity contribution >= 4 is 5.97 Å². The van der Waals surface area contributed by atoms with Crippen LogP contribution in [0.3, 0.4) is 0 Å². The van der Waals surface area contributed by atoms with Gasteiger partial charge in [-0.1, -0.05) is 90.5 Å². The van der Waals surface area contributed by atoms with Crippen LogP contribution < -0.4 is 11.1 Å². The molecule has 0 amide bonds. The number of rotatable bonds is 9. The Bertz CT molecular complexity index is 869. The SMILES string of the molecule is Cc1ccc(C(NCCC[C@H](N)C(=O)O)(c2ccccc2)c2ccccc2)cc1. The highest BCUT2D eigenvalue weighted by Crippen LogP contribution is 2.36. The maximum Gasteiger partial charge on any atom is 0.320 e. The van der Waals surface area contributed by atoms with Gasteiger partial charge in [0.1, 0.15) is 6.04 Å². The van der Waals surface area contributed by atoms with Crippen molar-refractivity contribution in [2.45, 2.75) is 31.3 Å². The number of benzene rings is 3. The van der Waals surface area contributed by atoms with Gasteiger partial charge in [0.15, 0.2) is 0 Å². The topological polar surface area (TPSA) is 75.3 Å². The third-order valence-corrected chi connectivity index (χ3v) is 5.30. The highest BCUT2D eigenvalue weighted by Gasteiger charge is 2.35. The fraction of sp³-hybridized carbons (Fsp3) is 0.240. The summed E-state index contributed by atoms with van der Waals surface area (Å²) in [6, 6.07) is 28.4. The van der Waals surface area contributed by atoms with E-state index in [9.17, 15) is 4.79 Å². The third kappa shape index (κ3) is 4.73. The van der Waals surface area contributed by atoms with E-state index < -0.39 is 17.6 Å². The molecule has 0 saturated heterocycles. The van der Waals surface area contributed by atoms with E-state index in [2.05, 4.69) is 60.8 Å². The molecule has 0 saturated carbocycles. The van der Waals surface area contributed by atoms with Crippen LogP contribution in [0.4, 0.5) is 0 Å². The molecule has 3 aromatic rings. The smallest absolute Gasteiger partial charge is 0.320 e. The summed E-state index contributed by atoms with van der Waals surface area (Å²) in [4.78, 5) is 11.0. The van der Waals surface area contributed by atoms with Crippen LogP contribution in [0.25, 0.3) is 0 Å². The second-order valence-electron chi connectivity index (χ2n) is 7.36. The quantitative estimate of drug-likeness (QED) is 0.382. The average Bonchev–Trinajstić information content (AvgIpc) is 2.76. The summed E-state index contributed by atoms with van der Waals surface area (Å²) in [6.45, 7) is 2.72. The lowest BCUT2D eigenvalue weighted by Crippen LogP contribution is -2.45. The molecule has 3 aromatic carbocycles. The predicted octanol–water partition coefficient (Wildman–Crippen LogP) is 4.07. The van der Waals surface area contributed by atoms with Gasteiger partial charge in [-0.15, -0.1) is 0 Å². The van der Waals surface area contributed by atoms with Gasteiger partial charge in [-0.3, -0.25) is 10.1 Å². The molecular formula is C25H28N2O2. The van der Waals surface area contributed by atoms with E-state index in [1.807, 2.05) is 36.4 Å². The molecule has 0 aliphatic carbocycles. The Labute approximate surface area is 172 Å². The van der Waals surface area contributed by atoms with E-state index in [1.165, 1.54) is 5.56 Å². The molecule has 1 atom stereocenters. The standard InChI is InChI=1S/C25H28N2O2/c1-19-14-16-22(17-15-19)25(20-9-4-2-5-10-20,21-11-6-3-7-12-21)27-18-8-13-23(26)24(28)29/h2-7,9-12,14-17,23,27H,8,13,18,26H2,1H3,(H,28,29)/t23-/m0/s1. The van der Waals surface area contributed by atoms with Crippen LogP contribution in [-0.4, -0.2) is 23.7 Å². The van der Waals surface area contributed by atoms with Gasteiger partial charge in [0.05, 0.1) is 5.54 Å². The van der Waals surface area contributed by atoms with Gasteiger partial charge in [0, 0.05) is 0 Å². The van der Waals surface area contributed by atoms with Gasteiger partial charge >= 0.3 is 5.97 Å². The molecule has 3 rings (SSSR count). The Morgan fingerprint density at radius 2 is 1.38 bits per heavy atom. The maximum atomic E-state index is 11.0. The lowest BCUT2D eigenvalue weighted by atomic mass is 9.76. The zero-order chi connectivity index (χ0) is 20.7. The van der Waals surface area contributed by atoms with Gasteiger partial charge < -0.3 is 10.8 Å².